The van der Waals surface area contributed by atoms with E-state index in [1.807, 2.05) is 78.1 Å². The van der Waals surface area contributed by atoms with E-state index in [1.165, 1.54) is 31.3 Å². The van der Waals surface area contributed by atoms with E-state index in [-0.39, 0.29) is 0 Å². The van der Waals surface area contributed by atoms with E-state index < -0.39 is 0 Å². The fraction of sp³-hybridized carbons (Fsp3) is 0. The van der Waals surface area contributed by atoms with E-state index in [2.05, 4.69) is 97.1 Å². The van der Waals surface area contributed by atoms with Crippen molar-refractivity contribution in [1.82, 2.24) is 15.0 Å². The molecular weight excluding hydrogens is 631 g/mol. The van der Waals surface area contributed by atoms with Crippen LogP contribution in [0.3, 0.4) is 0 Å². The molecule has 0 amide bonds. The highest BCUT2D eigenvalue weighted by molar-refractivity contribution is 7.26. The third-order valence-electron chi connectivity index (χ3n) is 9.33. The van der Waals surface area contributed by atoms with Gasteiger partial charge in [0.1, 0.15) is 11.2 Å². The van der Waals surface area contributed by atoms with Crippen molar-refractivity contribution in [2.24, 2.45) is 0 Å². The molecule has 4 nitrogen and oxygen atoms in total. The maximum absolute atomic E-state index is 6.59. The molecule has 7 aromatic carbocycles. The minimum Gasteiger partial charge on any atom is -0.456 e. The van der Waals surface area contributed by atoms with Crippen LogP contribution in [0.2, 0.25) is 0 Å². The van der Waals surface area contributed by atoms with Crippen LogP contribution in [0, 0.1) is 0 Å². The summed E-state index contributed by atoms with van der Waals surface area (Å²) in [6.45, 7) is 0. The lowest BCUT2D eigenvalue weighted by molar-refractivity contribution is 0.669. The minimum absolute atomic E-state index is 0.602. The van der Waals surface area contributed by atoms with Gasteiger partial charge in [-0.15, -0.1) is 11.3 Å². The summed E-state index contributed by atoms with van der Waals surface area (Å²) in [6.07, 6.45) is 0. The van der Waals surface area contributed by atoms with Gasteiger partial charge in [0.2, 0.25) is 0 Å². The topological polar surface area (TPSA) is 51.8 Å². The van der Waals surface area contributed by atoms with Crippen LogP contribution in [0.4, 0.5) is 0 Å². The fourth-order valence-corrected chi connectivity index (χ4v) is 8.08. The average molecular weight is 658 g/mol. The molecule has 0 bridgehead atoms. The second-order valence-electron chi connectivity index (χ2n) is 12.4. The summed E-state index contributed by atoms with van der Waals surface area (Å²) < 4.78 is 9.20. The number of rotatable bonds is 5. The molecule has 0 saturated carbocycles. The Morgan fingerprint density at radius 3 is 1.52 bits per heavy atom. The molecular formula is C45H27N3OS. The fourth-order valence-electron chi connectivity index (χ4n) is 6.86. The first-order valence-corrected chi connectivity index (χ1v) is 17.4. The molecule has 10 aromatic rings. The van der Waals surface area contributed by atoms with Crippen LogP contribution in [0.1, 0.15) is 0 Å². The van der Waals surface area contributed by atoms with E-state index in [0.29, 0.717) is 17.5 Å². The molecule has 50 heavy (non-hydrogen) atoms. The van der Waals surface area contributed by atoms with Crippen molar-refractivity contribution in [2.75, 3.05) is 0 Å². The van der Waals surface area contributed by atoms with E-state index in [0.717, 1.165) is 49.8 Å². The van der Waals surface area contributed by atoms with Gasteiger partial charge in [-0.25, -0.2) is 15.0 Å². The molecule has 0 saturated heterocycles. The van der Waals surface area contributed by atoms with Gasteiger partial charge in [-0.2, -0.15) is 0 Å². The Bertz CT molecular complexity index is 2800. The Hall–Kier alpha value is -6.43. The molecule has 0 spiro atoms. The van der Waals surface area contributed by atoms with E-state index in [1.54, 1.807) is 0 Å². The standard InChI is InChI=1S/C45H27N3OS/c1-4-12-28(13-5-1)37-24-33(25-38-36-18-10-11-19-41(36)50-42(37)38)31-20-22-34-35-23-21-32(27-40(35)49-39(34)26-31)45-47-43(29-14-6-2-7-15-29)46-44(48-45)30-16-8-3-9-17-30/h1-27H. The highest BCUT2D eigenvalue weighted by Crippen LogP contribution is 2.43. The number of fused-ring (bicyclic) bond motifs is 6. The Morgan fingerprint density at radius 2 is 0.880 bits per heavy atom. The van der Waals surface area contributed by atoms with Gasteiger partial charge in [-0.3, -0.25) is 0 Å². The number of thiophene rings is 1. The number of aromatic nitrogens is 3. The smallest absolute Gasteiger partial charge is 0.164 e. The Kier molecular flexibility index (Phi) is 6.64. The van der Waals surface area contributed by atoms with Crippen LogP contribution in [-0.2, 0) is 0 Å². The Balaban J connectivity index is 1.10. The monoisotopic (exact) mass is 657 g/mol. The van der Waals surface area contributed by atoms with Gasteiger partial charge >= 0.3 is 0 Å². The molecule has 10 rings (SSSR count). The summed E-state index contributed by atoms with van der Waals surface area (Å²) in [5.74, 6) is 1.87. The predicted molar refractivity (Wildman–Crippen MR) is 207 cm³/mol. The van der Waals surface area contributed by atoms with Crippen LogP contribution >= 0.6 is 11.3 Å². The van der Waals surface area contributed by atoms with Gasteiger partial charge in [-0.05, 0) is 59.2 Å². The lowest BCUT2D eigenvalue weighted by Crippen LogP contribution is -2.00. The predicted octanol–water partition coefficient (Wildman–Crippen LogP) is 12.5. The largest absolute Gasteiger partial charge is 0.456 e. The van der Waals surface area contributed by atoms with Crippen LogP contribution in [0.15, 0.2) is 168 Å². The van der Waals surface area contributed by atoms with Gasteiger partial charge in [0.15, 0.2) is 17.5 Å². The van der Waals surface area contributed by atoms with Gasteiger partial charge in [0.05, 0.1) is 0 Å². The van der Waals surface area contributed by atoms with Crippen LogP contribution in [0.5, 0.6) is 0 Å². The van der Waals surface area contributed by atoms with Gasteiger partial charge in [-0.1, -0.05) is 121 Å². The van der Waals surface area contributed by atoms with Crippen molar-refractivity contribution in [1.29, 1.82) is 0 Å². The first-order valence-electron chi connectivity index (χ1n) is 16.6. The summed E-state index contributed by atoms with van der Waals surface area (Å²) in [5.41, 5.74) is 9.13. The number of nitrogens with zero attached hydrogens (tertiary/aromatic N) is 3. The van der Waals surface area contributed by atoms with Gasteiger partial charge in [0, 0.05) is 53.2 Å². The summed E-state index contributed by atoms with van der Waals surface area (Å²) in [6, 6.07) is 56.9. The van der Waals surface area contributed by atoms with Crippen LogP contribution in [0.25, 0.3) is 98.5 Å². The second kappa shape index (κ2) is 11.6. The van der Waals surface area contributed by atoms with Gasteiger partial charge < -0.3 is 4.42 Å². The number of hydrogen-bond acceptors (Lipinski definition) is 5. The molecule has 234 valence electrons. The molecule has 0 fully saturated rings. The van der Waals surface area contributed by atoms with Crippen molar-refractivity contribution in [3.63, 3.8) is 0 Å². The minimum atomic E-state index is 0.602. The molecule has 0 N–H and O–H groups in total. The second-order valence-corrected chi connectivity index (χ2v) is 13.5. The molecule has 3 heterocycles. The third kappa shape index (κ3) is 4.87. The van der Waals surface area contributed by atoms with Crippen molar-refractivity contribution >= 4 is 53.4 Å². The van der Waals surface area contributed by atoms with Crippen molar-refractivity contribution in [2.45, 2.75) is 0 Å². The van der Waals surface area contributed by atoms with Crippen LogP contribution in [-0.4, -0.2) is 15.0 Å². The molecule has 0 atom stereocenters. The summed E-state index contributed by atoms with van der Waals surface area (Å²) in [7, 11) is 0. The first-order chi connectivity index (χ1) is 24.7. The lowest BCUT2D eigenvalue weighted by Gasteiger charge is -2.09. The molecule has 0 radical (unpaired) electrons. The van der Waals surface area contributed by atoms with Crippen molar-refractivity contribution in [3.8, 4) is 56.4 Å². The highest BCUT2D eigenvalue weighted by atomic mass is 32.1. The maximum Gasteiger partial charge on any atom is 0.164 e. The summed E-state index contributed by atoms with van der Waals surface area (Å²) in [4.78, 5) is 14.7. The number of benzene rings is 7. The summed E-state index contributed by atoms with van der Waals surface area (Å²) in [5, 5.41) is 4.69. The van der Waals surface area contributed by atoms with Crippen molar-refractivity contribution < 1.29 is 4.42 Å². The molecule has 0 aliphatic heterocycles. The lowest BCUT2D eigenvalue weighted by atomic mass is 9.95. The zero-order valence-corrected chi connectivity index (χ0v) is 27.6. The quantitative estimate of drug-likeness (QED) is 0.185. The normalized spacial score (nSPS) is 11.6. The molecule has 0 unspecified atom stereocenters. The maximum atomic E-state index is 6.59. The SMILES string of the molecule is c1ccc(-c2nc(-c3ccccc3)nc(-c3ccc4c(c3)oc3cc(-c5cc(-c6ccccc6)c6sc7ccccc7c6c5)ccc34)n2)cc1. The van der Waals surface area contributed by atoms with E-state index >= 15 is 0 Å². The molecule has 5 heteroatoms. The Morgan fingerprint density at radius 1 is 0.360 bits per heavy atom. The van der Waals surface area contributed by atoms with E-state index in [9.17, 15) is 0 Å². The van der Waals surface area contributed by atoms with Crippen molar-refractivity contribution in [3.05, 3.63) is 164 Å². The van der Waals surface area contributed by atoms with Crippen LogP contribution < -0.4 is 0 Å². The molecule has 3 aromatic heterocycles. The molecule has 0 aliphatic carbocycles. The first kappa shape index (κ1) is 28.6. The molecule has 0 aliphatic rings. The number of hydrogen-bond donors (Lipinski definition) is 0. The van der Waals surface area contributed by atoms with Gasteiger partial charge in [0.25, 0.3) is 0 Å². The third-order valence-corrected chi connectivity index (χ3v) is 10.5. The Labute approximate surface area is 292 Å². The zero-order chi connectivity index (χ0) is 33.0. The van der Waals surface area contributed by atoms with E-state index in [4.69, 9.17) is 19.4 Å². The number of furan rings is 1. The average Bonchev–Trinajstić information content (AvgIpc) is 3.76. The zero-order valence-electron chi connectivity index (χ0n) is 26.7. The highest BCUT2D eigenvalue weighted by Gasteiger charge is 2.17. The summed E-state index contributed by atoms with van der Waals surface area (Å²) >= 11 is 1.86.